The largest absolute Gasteiger partial charge is 0.342 e. The van der Waals surface area contributed by atoms with Gasteiger partial charge in [0.25, 0.3) is 0 Å². The summed E-state index contributed by atoms with van der Waals surface area (Å²) in [5, 5.41) is 2.88. The first-order valence-electron chi connectivity index (χ1n) is 7.00. The Morgan fingerprint density at radius 3 is 2.65 bits per heavy atom. The van der Waals surface area contributed by atoms with Crippen LogP contribution in [0.25, 0.3) is 0 Å². The molecule has 1 N–H and O–H groups in total. The lowest BCUT2D eigenvalue weighted by molar-refractivity contribution is -0.133. The van der Waals surface area contributed by atoms with Gasteiger partial charge >= 0.3 is 0 Å². The van der Waals surface area contributed by atoms with E-state index in [9.17, 15) is 9.59 Å². The molecule has 0 spiro atoms. The number of nitrogens with zero attached hydrogens (tertiary/aromatic N) is 1. The third-order valence-electron chi connectivity index (χ3n) is 3.95. The van der Waals surface area contributed by atoms with Crippen LogP contribution in [0.1, 0.15) is 19.3 Å². The van der Waals surface area contributed by atoms with Crippen molar-refractivity contribution < 1.29 is 9.59 Å². The minimum Gasteiger partial charge on any atom is -0.342 e. The first-order valence-corrected chi connectivity index (χ1v) is 7.79. The van der Waals surface area contributed by atoms with Crippen LogP contribution < -0.4 is 5.32 Å². The summed E-state index contributed by atoms with van der Waals surface area (Å²) in [6.45, 7) is 1.71. The number of amides is 2. The third-order valence-corrected chi connectivity index (χ3v) is 4.45. The number of rotatable bonds is 3. The van der Waals surface area contributed by atoms with Crippen LogP contribution in [0.15, 0.2) is 28.7 Å². The van der Waals surface area contributed by atoms with Crippen LogP contribution in [0.4, 0.5) is 5.69 Å². The summed E-state index contributed by atoms with van der Waals surface area (Å²) in [5.41, 5.74) is 0.767. The Kier molecular flexibility index (Phi) is 3.78. The number of likely N-dealkylation sites (tertiary alicyclic amines) is 1. The van der Waals surface area contributed by atoms with Gasteiger partial charge in [-0.25, -0.2) is 0 Å². The van der Waals surface area contributed by atoms with Crippen molar-refractivity contribution in [2.24, 2.45) is 11.8 Å². The second kappa shape index (κ2) is 5.56. The van der Waals surface area contributed by atoms with Crippen molar-refractivity contribution in [2.45, 2.75) is 19.3 Å². The zero-order chi connectivity index (χ0) is 14.1. The van der Waals surface area contributed by atoms with E-state index in [1.165, 1.54) is 0 Å². The van der Waals surface area contributed by atoms with Crippen molar-refractivity contribution in [1.82, 2.24) is 4.90 Å². The van der Waals surface area contributed by atoms with Gasteiger partial charge in [-0.1, -0.05) is 22.0 Å². The normalized spacial score (nSPS) is 24.6. The highest BCUT2D eigenvalue weighted by atomic mass is 79.9. The molecule has 4 nitrogen and oxygen atoms in total. The molecule has 1 aromatic carbocycles. The summed E-state index contributed by atoms with van der Waals surface area (Å²) in [6, 6.07) is 7.49. The maximum atomic E-state index is 12.2. The van der Waals surface area contributed by atoms with Gasteiger partial charge in [0.2, 0.25) is 11.8 Å². The molecule has 0 bridgehead atoms. The topological polar surface area (TPSA) is 49.4 Å². The molecular weight excluding hydrogens is 320 g/mol. The van der Waals surface area contributed by atoms with Gasteiger partial charge in [-0.2, -0.15) is 0 Å². The summed E-state index contributed by atoms with van der Waals surface area (Å²) in [4.78, 5) is 26.2. The average Bonchev–Trinajstić information content (AvgIpc) is 3.04. The Bertz CT molecular complexity index is 540. The molecule has 1 saturated carbocycles. The fraction of sp³-hybridized carbons (Fsp3) is 0.467. The number of hydrogen-bond donors (Lipinski definition) is 1. The van der Waals surface area contributed by atoms with E-state index in [0.717, 1.165) is 36.1 Å². The van der Waals surface area contributed by atoms with Crippen LogP contribution in [-0.4, -0.2) is 29.8 Å². The molecule has 1 saturated heterocycles. The highest BCUT2D eigenvalue weighted by molar-refractivity contribution is 9.10. The molecule has 2 fully saturated rings. The van der Waals surface area contributed by atoms with Gasteiger partial charge in [-0.05, 0) is 37.5 Å². The molecule has 2 amide bonds. The molecule has 106 valence electrons. The summed E-state index contributed by atoms with van der Waals surface area (Å²) >= 11 is 3.37. The van der Waals surface area contributed by atoms with Crippen LogP contribution in [0.3, 0.4) is 0 Å². The monoisotopic (exact) mass is 336 g/mol. The third kappa shape index (κ3) is 2.87. The fourth-order valence-electron chi connectivity index (χ4n) is 2.73. The molecule has 1 aromatic rings. The van der Waals surface area contributed by atoms with Gasteiger partial charge in [-0.3, -0.25) is 9.59 Å². The minimum atomic E-state index is -0.151. The van der Waals surface area contributed by atoms with Crippen LogP contribution in [0.2, 0.25) is 0 Å². The Hall–Kier alpha value is -1.36. The smallest absolute Gasteiger partial charge is 0.228 e. The quantitative estimate of drug-likeness (QED) is 0.922. The molecule has 1 heterocycles. The Morgan fingerprint density at radius 1 is 1.20 bits per heavy atom. The molecule has 0 aromatic heterocycles. The van der Waals surface area contributed by atoms with Gasteiger partial charge in [0.15, 0.2) is 0 Å². The number of benzene rings is 1. The summed E-state index contributed by atoms with van der Waals surface area (Å²) in [5.74, 6) is -0.125. The lowest BCUT2D eigenvalue weighted by Crippen LogP contribution is -2.30. The summed E-state index contributed by atoms with van der Waals surface area (Å²) in [6.07, 6.45) is 2.87. The standard InChI is InChI=1S/C15H17BrN2O2/c16-10-4-3-5-11(8-10)17-14(19)12-9-13(12)15(20)18-6-1-2-7-18/h3-5,8,12-13H,1-2,6-7,9H2,(H,17,19). The van der Waals surface area contributed by atoms with Crippen molar-refractivity contribution in [3.05, 3.63) is 28.7 Å². The van der Waals surface area contributed by atoms with Gasteiger partial charge in [0.05, 0.1) is 11.8 Å². The first kappa shape index (κ1) is 13.6. The fourth-order valence-corrected chi connectivity index (χ4v) is 3.13. The van der Waals surface area contributed by atoms with Crippen LogP contribution in [-0.2, 0) is 9.59 Å². The SMILES string of the molecule is O=C(Nc1cccc(Br)c1)C1CC1C(=O)N1CCCC1. The van der Waals surface area contributed by atoms with Crippen molar-refractivity contribution in [2.75, 3.05) is 18.4 Å². The van der Waals surface area contributed by atoms with Crippen molar-refractivity contribution in [3.63, 3.8) is 0 Å². The highest BCUT2D eigenvalue weighted by Crippen LogP contribution is 2.41. The first-order chi connectivity index (χ1) is 9.65. The van der Waals surface area contributed by atoms with Crippen molar-refractivity contribution in [1.29, 1.82) is 0 Å². The average molecular weight is 337 g/mol. The van der Waals surface area contributed by atoms with E-state index < -0.39 is 0 Å². The molecular formula is C15H17BrN2O2. The van der Waals surface area contributed by atoms with Gasteiger partial charge < -0.3 is 10.2 Å². The molecule has 3 rings (SSSR count). The highest BCUT2D eigenvalue weighted by Gasteiger charge is 2.49. The van der Waals surface area contributed by atoms with E-state index in [2.05, 4.69) is 21.2 Å². The summed E-state index contributed by atoms with van der Waals surface area (Å²) in [7, 11) is 0. The van der Waals surface area contributed by atoms with E-state index in [0.29, 0.717) is 6.42 Å². The van der Waals surface area contributed by atoms with Gasteiger partial charge in [-0.15, -0.1) is 0 Å². The number of hydrogen-bond acceptors (Lipinski definition) is 2. The Morgan fingerprint density at radius 2 is 1.95 bits per heavy atom. The predicted molar refractivity (Wildman–Crippen MR) is 80.2 cm³/mol. The zero-order valence-corrected chi connectivity index (χ0v) is 12.7. The number of carbonyl (C=O) groups excluding carboxylic acids is 2. The number of carbonyl (C=O) groups is 2. The Balaban J connectivity index is 1.56. The maximum Gasteiger partial charge on any atom is 0.228 e. The molecule has 2 aliphatic rings. The lowest BCUT2D eigenvalue weighted by atomic mass is 10.2. The van der Waals surface area contributed by atoms with Crippen LogP contribution in [0, 0.1) is 11.8 Å². The van der Waals surface area contributed by atoms with Gasteiger partial charge in [0, 0.05) is 23.2 Å². The zero-order valence-electron chi connectivity index (χ0n) is 11.1. The van der Waals surface area contributed by atoms with Gasteiger partial charge in [0.1, 0.15) is 0 Å². The molecule has 2 unspecified atom stereocenters. The molecule has 1 aliphatic heterocycles. The maximum absolute atomic E-state index is 12.2. The number of nitrogens with one attached hydrogen (secondary N) is 1. The Labute approximate surface area is 126 Å². The van der Waals surface area contributed by atoms with E-state index in [1.54, 1.807) is 0 Å². The molecule has 2 atom stereocenters. The number of halogens is 1. The molecule has 1 aliphatic carbocycles. The van der Waals surface area contributed by atoms with Crippen molar-refractivity contribution >= 4 is 33.4 Å². The number of anilines is 1. The van der Waals surface area contributed by atoms with E-state index in [4.69, 9.17) is 0 Å². The molecule has 20 heavy (non-hydrogen) atoms. The predicted octanol–water partition coefficient (Wildman–Crippen LogP) is 2.65. The van der Waals surface area contributed by atoms with E-state index >= 15 is 0 Å². The van der Waals surface area contributed by atoms with Crippen LogP contribution >= 0.6 is 15.9 Å². The van der Waals surface area contributed by atoms with Crippen molar-refractivity contribution in [3.8, 4) is 0 Å². The minimum absolute atomic E-state index is 0.0411. The molecule has 0 radical (unpaired) electrons. The van der Waals surface area contributed by atoms with E-state index in [1.807, 2.05) is 29.2 Å². The summed E-state index contributed by atoms with van der Waals surface area (Å²) < 4.78 is 0.927. The van der Waals surface area contributed by atoms with Crippen LogP contribution in [0.5, 0.6) is 0 Å². The lowest BCUT2D eigenvalue weighted by Gasteiger charge is -2.14. The van der Waals surface area contributed by atoms with E-state index in [-0.39, 0.29) is 23.7 Å². The second-order valence-electron chi connectivity index (χ2n) is 5.48. The second-order valence-corrected chi connectivity index (χ2v) is 6.40. The molecule has 5 heteroatoms.